The first-order chi connectivity index (χ1) is 8.65. The molecule has 0 atom stereocenters. The van der Waals surface area contributed by atoms with Crippen LogP contribution in [0.1, 0.15) is 24.2 Å². The van der Waals surface area contributed by atoms with E-state index in [1.54, 1.807) is 0 Å². The Hall–Kier alpha value is -1.89. The van der Waals surface area contributed by atoms with Crippen LogP contribution in [-0.4, -0.2) is 31.2 Å². The first-order valence-corrected chi connectivity index (χ1v) is 7.21. The molecule has 6 nitrogen and oxygen atoms in total. The summed E-state index contributed by atoms with van der Waals surface area (Å²) in [6, 6.07) is 4.00. The highest BCUT2D eigenvalue weighted by Crippen LogP contribution is 2.35. The van der Waals surface area contributed by atoms with Gasteiger partial charge in [-0.1, -0.05) is 19.9 Å². The van der Waals surface area contributed by atoms with Gasteiger partial charge in [-0.3, -0.25) is 4.79 Å². The molecule has 1 aliphatic rings. The van der Waals surface area contributed by atoms with Crippen molar-refractivity contribution in [3.8, 4) is 0 Å². The second-order valence-corrected chi connectivity index (χ2v) is 7.01. The summed E-state index contributed by atoms with van der Waals surface area (Å²) in [5.41, 5.74) is -1.42. The highest BCUT2D eigenvalue weighted by molar-refractivity contribution is 7.91. The lowest BCUT2D eigenvalue weighted by molar-refractivity contribution is -0.122. The van der Waals surface area contributed by atoms with Crippen LogP contribution in [0.2, 0.25) is 0 Å². The zero-order valence-corrected chi connectivity index (χ0v) is 11.2. The fourth-order valence-electron chi connectivity index (χ4n) is 2.04. The van der Waals surface area contributed by atoms with Crippen LogP contribution in [0.3, 0.4) is 0 Å². The molecule has 1 aromatic rings. The Bertz CT molecular complexity index is 675. The lowest BCUT2D eigenvalue weighted by Gasteiger charge is -2.18. The van der Waals surface area contributed by atoms with E-state index in [0.717, 1.165) is 0 Å². The summed E-state index contributed by atoms with van der Waals surface area (Å²) in [5, 5.41) is 11.6. The quantitative estimate of drug-likeness (QED) is 0.804. The third-order valence-electron chi connectivity index (χ3n) is 2.97. The van der Waals surface area contributed by atoms with Crippen LogP contribution in [0.15, 0.2) is 23.1 Å². The van der Waals surface area contributed by atoms with E-state index in [2.05, 4.69) is 5.32 Å². The van der Waals surface area contributed by atoms with Crippen LogP contribution in [0.4, 0.5) is 5.69 Å². The van der Waals surface area contributed by atoms with Crippen molar-refractivity contribution in [3.05, 3.63) is 23.8 Å². The van der Waals surface area contributed by atoms with Crippen LogP contribution in [0.25, 0.3) is 0 Å². The Labute approximate surface area is 110 Å². The van der Waals surface area contributed by atoms with Crippen molar-refractivity contribution in [2.75, 3.05) is 11.1 Å². The van der Waals surface area contributed by atoms with Gasteiger partial charge in [0, 0.05) is 0 Å². The van der Waals surface area contributed by atoms with Crippen LogP contribution in [0.5, 0.6) is 0 Å². The summed E-state index contributed by atoms with van der Waals surface area (Å²) >= 11 is 0. The molecular formula is C12H13NO5S. The number of benzene rings is 1. The second kappa shape index (κ2) is 4.06. The topological polar surface area (TPSA) is 101 Å². The lowest BCUT2D eigenvalue weighted by atomic mass is 9.95. The SMILES string of the molecule is CC1(C)CS(=O)(=O)c2c(cccc2C(=O)O)NC1=O. The number of hydrogen-bond donors (Lipinski definition) is 2. The maximum atomic E-state index is 12.3. The number of sulfone groups is 1. The average Bonchev–Trinajstić information content (AvgIpc) is 2.32. The van der Waals surface area contributed by atoms with Gasteiger partial charge in [0.05, 0.1) is 22.4 Å². The molecule has 1 heterocycles. The van der Waals surface area contributed by atoms with Crippen molar-refractivity contribution in [2.45, 2.75) is 18.7 Å². The summed E-state index contributed by atoms with van der Waals surface area (Å²) in [6.45, 7) is 3.01. The molecule has 19 heavy (non-hydrogen) atoms. The maximum Gasteiger partial charge on any atom is 0.337 e. The van der Waals surface area contributed by atoms with Gasteiger partial charge in [-0.2, -0.15) is 0 Å². The van der Waals surface area contributed by atoms with Crippen molar-refractivity contribution in [1.82, 2.24) is 0 Å². The second-order valence-electron chi connectivity index (χ2n) is 5.08. The standard InChI is InChI=1S/C12H13NO5S/c1-12(2)6-19(17,18)9-7(10(14)15)4-3-5-8(9)13-11(12)16/h3-5H,6H2,1-2H3,(H,13,16)(H,14,15). The maximum absolute atomic E-state index is 12.3. The lowest BCUT2D eigenvalue weighted by Crippen LogP contribution is -2.34. The van der Waals surface area contributed by atoms with Gasteiger partial charge >= 0.3 is 5.97 Å². The van der Waals surface area contributed by atoms with E-state index >= 15 is 0 Å². The molecule has 7 heteroatoms. The largest absolute Gasteiger partial charge is 0.478 e. The molecule has 2 N–H and O–H groups in total. The molecule has 0 saturated carbocycles. The van der Waals surface area contributed by atoms with E-state index in [1.807, 2.05) is 0 Å². The minimum atomic E-state index is -3.86. The third kappa shape index (κ3) is 2.21. The molecule has 0 radical (unpaired) electrons. The first kappa shape index (κ1) is 13.5. The number of carboxylic acid groups (broad SMARTS) is 1. The Kier molecular flexibility index (Phi) is 2.89. The number of rotatable bonds is 1. The van der Waals surface area contributed by atoms with E-state index in [0.29, 0.717) is 0 Å². The van der Waals surface area contributed by atoms with Crippen molar-refractivity contribution in [3.63, 3.8) is 0 Å². The number of anilines is 1. The van der Waals surface area contributed by atoms with E-state index in [1.165, 1.54) is 32.0 Å². The predicted octanol–water partition coefficient (Wildman–Crippen LogP) is 1.14. The summed E-state index contributed by atoms with van der Waals surface area (Å²) in [4.78, 5) is 22.8. The highest BCUT2D eigenvalue weighted by Gasteiger charge is 2.40. The molecule has 0 bridgehead atoms. The molecule has 0 unspecified atom stereocenters. The van der Waals surface area contributed by atoms with Crippen molar-refractivity contribution in [2.24, 2.45) is 5.41 Å². The zero-order valence-electron chi connectivity index (χ0n) is 10.4. The van der Waals surface area contributed by atoms with Gasteiger partial charge in [0.1, 0.15) is 4.90 Å². The van der Waals surface area contributed by atoms with E-state index in [-0.39, 0.29) is 16.1 Å². The summed E-state index contributed by atoms with van der Waals surface area (Å²) in [5.74, 6) is -2.21. The number of amides is 1. The highest BCUT2D eigenvalue weighted by atomic mass is 32.2. The number of nitrogens with one attached hydrogen (secondary N) is 1. The molecule has 102 valence electrons. The van der Waals surface area contributed by atoms with Crippen molar-refractivity contribution < 1.29 is 23.1 Å². The minimum Gasteiger partial charge on any atom is -0.478 e. The molecular weight excluding hydrogens is 270 g/mol. The Morgan fingerprint density at radius 3 is 2.58 bits per heavy atom. The Balaban J connectivity index is 2.79. The Morgan fingerprint density at radius 1 is 1.37 bits per heavy atom. The third-order valence-corrected chi connectivity index (χ3v) is 5.13. The Morgan fingerprint density at radius 2 is 2.00 bits per heavy atom. The number of aromatic carboxylic acids is 1. The van der Waals surface area contributed by atoms with Crippen LogP contribution in [-0.2, 0) is 14.6 Å². The number of carbonyl (C=O) groups excluding carboxylic acids is 1. The molecule has 0 spiro atoms. The van der Waals surface area contributed by atoms with Gasteiger partial charge < -0.3 is 10.4 Å². The fraction of sp³-hybridized carbons (Fsp3) is 0.333. The number of carboxylic acids is 1. The number of carbonyl (C=O) groups is 2. The summed E-state index contributed by atoms with van der Waals surface area (Å²) in [7, 11) is -3.86. The van der Waals surface area contributed by atoms with Gasteiger partial charge in [0.25, 0.3) is 0 Å². The van der Waals surface area contributed by atoms with E-state index in [9.17, 15) is 18.0 Å². The molecule has 0 aliphatic carbocycles. The minimum absolute atomic E-state index is 0.0236. The average molecular weight is 283 g/mol. The zero-order chi connectivity index (χ0) is 14.4. The first-order valence-electron chi connectivity index (χ1n) is 5.56. The molecule has 1 amide bonds. The van der Waals surface area contributed by atoms with Crippen LogP contribution >= 0.6 is 0 Å². The van der Waals surface area contributed by atoms with Crippen molar-refractivity contribution in [1.29, 1.82) is 0 Å². The van der Waals surface area contributed by atoms with Gasteiger partial charge in [-0.25, -0.2) is 13.2 Å². The van der Waals surface area contributed by atoms with Gasteiger partial charge in [0.2, 0.25) is 5.91 Å². The molecule has 1 aliphatic heterocycles. The fourth-order valence-corrected chi connectivity index (χ4v) is 4.21. The van der Waals surface area contributed by atoms with Gasteiger partial charge in [-0.15, -0.1) is 0 Å². The van der Waals surface area contributed by atoms with Gasteiger partial charge in [-0.05, 0) is 12.1 Å². The summed E-state index contributed by atoms with van der Waals surface area (Å²) in [6.07, 6.45) is 0. The molecule has 0 saturated heterocycles. The van der Waals surface area contributed by atoms with Crippen LogP contribution < -0.4 is 5.32 Å². The predicted molar refractivity (Wildman–Crippen MR) is 67.9 cm³/mol. The van der Waals surface area contributed by atoms with Gasteiger partial charge in [0.15, 0.2) is 9.84 Å². The van der Waals surface area contributed by atoms with Crippen molar-refractivity contribution >= 4 is 27.4 Å². The summed E-state index contributed by atoms with van der Waals surface area (Å²) < 4.78 is 24.6. The molecule has 2 rings (SSSR count). The smallest absolute Gasteiger partial charge is 0.337 e. The molecule has 0 aromatic heterocycles. The van der Waals surface area contributed by atoms with Crippen LogP contribution in [0, 0.1) is 5.41 Å². The number of fused-ring (bicyclic) bond motifs is 1. The monoisotopic (exact) mass is 283 g/mol. The number of hydrogen-bond acceptors (Lipinski definition) is 4. The normalized spacial score (nSPS) is 20.0. The van der Waals surface area contributed by atoms with E-state index < -0.39 is 32.9 Å². The molecule has 0 fully saturated rings. The van der Waals surface area contributed by atoms with E-state index in [4.69, 9.17) is 5.11 Å². The molecule has 1 aromatic carbocycles.